The van der Waals surface area contributed by atoms with Gasteiger partial charge in [0.2, 0.25) is 0 Å². The van der Waals surface area contributed by atoms with Crippen LogP contribution in [0.15, 0.2) is 48.2 Å². The predicted octanol–water partition coefficient (Wildman–Crippen LogP) is 3.84. The van der Waals surface area contributed by atoms with Gasteiger partial charge in [-0.2, -0.15) is 0 Å². The molecule has 2 amide bonds. The van der Waals surface area contributed by atoms with Crippen LogP contribution in [0.5, 0.6) is 0 Å². The van der Waals surface area contributed by atoms with Gasteiger partial charge in [0.1, 0.15) is 5.70 Å². The molecular formula is C24H27ClN2O4. The highest BCUT2D eigenvalue weighted by atomic mass is 35.5. The number of hydrogen-bond acceptors (Lipinski definition) is 5. The number of methoxy groups -OCH3 is 2. The molecule has 2 aromatic carbocycles. The van der Waals surface area contributed by atoms with Crippen LogP contribution in [0, 0.1) is 13.8 Å². The number of anilines is 1. The van der Waals surface area contributed by atoms with E-state index in [-0.39, 0.29) is 11.8 Å². The minimum absolute atomic E-state index is 0.348. The second-order valence-corrected chi connectivity index (χ2v) is 7.93. The van der Waals surface area contributed by atoms with E-state index in [0.29, 0.717) is 53.8 Å². The Morgan fingerprint density at radius 3 is 1.94 bits per heavy atom. The first-order chi connectivity index (χ1) is 14.9. The first-order valence-corrected chi connectivity index (χ1v) is 10.4. The van der Waals surface area contributed by atoms with Crippen LogP contribution in [0.3, 0.4) is 0 Å². The Balaban J connectivity index is 2.14. The summed E-state index contributed by atoms with van der Waals surface area (Å²) in [5.74, 6) is -0.709. The Morgan fingerprint density at radius 1 is 0.871 bits per heavy atom. The van der Waals surface area contributed by atoms with Gasteiger partial charge in [-0.25, -0.2) is 4.90 Å². The Labute approximate surface area is 188 Å². The summed E-state index contributed by atoms with van der Waals surface area (Å²) >= 11 is 6.06. The lowest BCUT2D eigenvalue weighted by molar-refractivity contribution is -0.120. The molecule has 0 bridgehead atoms. The maximum Gasteiger partial charge on any atom is 0.282 e. The zero-order valence-corrected chi connectivity index (χ0v) is 19.0. The number of carbonyl (C=O) groups is 2. The molecule has 0 spiro atoms. The van der Waals surface area contributed by atoms with Crippen molar-refractivity contribution in [1.82, 2.24) is 4.90 Å². The van der Waals surface area contributed by atoms with Crippen molar-refractivity contribution in [2.24, 2.45) is 0 Å². The molecule has 0 aliphatic carbocycles. The van der Waals surface area contributed by atoms with Crippen molar-refractivity contribution in [3.63, 3.8) is 0 Å². The van der Waals surface area contributed by atoms with Gasteiger partial charge in [-0.15, -0.1) is 0 Å². The largest absolute Gasteiger partial charge is 0.383 e. The topological polar surface area (TPSA) is 59.1 Å². The Hall–Kier alpha value is -2.67. The van der Waals surface area contributed by atoms with Crippen molar-refractivity contribution >= 4 is 34.7 Å². The zero-order chi connectivity index (χ0) is 22.5. The van der Waals surface area contributed by atoms with E-state index in [2.05, 4.69) is 0 Å². The van der Waals surface area contributed by atoms with Crippen LogP contribution in [0.25, 0.3) is 5.57 Å². The second kappa shape index (κ2) is 10.1. The number of nitrogens with zero attached hydrogens (tertiary/aromatic N) is 2. The van der Waals surface area contributed by atoms with E-state index in [1.165, 1.54) is 4.90 Å². The van der Waals surface area contributed by atoms with Crippen molar-refractivity contribution < 1.29 is 19.1 Å². The van der Waals surface area contributed by atoms with E-state index < -0.39 is 0 Å². The summed E-state index contributed by atoms with van der Waals surface area (Å²) in [5.41, 5.74) is 3.87. The van der Waals surface area contributed by atoms with Gasteiger partial charge in [-0.05, 0) is 54.8 Å². The van der Waals surface area contributed by atoms with Gasteiger partial charge in [-0.3, -0.25) is 9.59 Å². The van der Waals surface area contributed by atoms with E-state index in [0.717, 1.165) is 11.1 Å². The molecule has 1 aliphatic rings. The van der Waals surface area contributed by atoms with E-state index in [9.17, 15) is 9.59 Å². The predicted molar refractivity (Wildman–Crippen MR) is 122 cm³/mol. The maximum atomic E-state index is 13.7. The van der Waals surface area contributed by atoms with Gasteiger partial charge in [-0.1, -0.05) is 29.8 Å². The first kappa shape index (κ1) is 23.0. The molecule has 0 saturated heterocycles. The van der Waals surface area contributed by atoms with Crippen LogP contribution in [-0.4, -0.2) is 57.2 Å². The fourth-order valence-electron chi connectivity index (χ4n) is 3.74. The molecule has 31 heavy (non-hydrogen) atoms. The third-order valence-corrected chi connectivity index (χ3v) is 5.36. The Morgan fingerprint density at radius 2 is 1.42 bits per heavy atom. The van der Waals surface area contributed by atoms with Crippen LogP contribution in [0.4, 0.5) is 5.69 Å². The fourth-order valence-corrected chi connectivity index (χ4v) is 3.87. The summed E-state index contributed by atoms with van der Waals surface area (Å²) in [7, 11) is 3.21. The number of ether oxygens (including phenoxy) is 2. The fraction of sp³-hybridized carbons (Fsp3) is 0.333. The van der Waals surface area contributed by atoms with Gasteiger partial charge in [0, 0.05) is 32.3 Å². The zero-order valence-electron chi connectivity index (χ0n) is 18.3. The lowest BCUT2D eigenvalue weighted by Crippen LogP contribution is -2.37. The molecule has 6 nitrogen and oxygen atoms in total. The summed E-state index contributed by atoms with van der Waals surface area (Å²) in [6, 6.07) is 12.7. The second-order valence-electron chi connectivity index (χ2n) is 7.49. The molecule has 0 aromatic heterocycles. The van der Waals surface area contributed by atoms with E-state index in [1.807, 2.05) is 36.9 Å². The monoisotopic (exact) mass is 442 g/mol. The van der Waals surface area contributed by atoms with Crippen LogP contribution < -0.4 is 4.90 Å². The van der Waals surface area contributed by atoms with Crippen LogP contribution in [0.2, 0.25) is 5.02 Å². The highest BCUT2D eigenvalue weighted by Gasteiger charge is 2.42. The summed E-state index contributed by atoms with van der Waals surface area (Å²) in [4.78, 5) is 30.4. The highest BCUT2D eigenvalue weighted by molar-refractivity contribution is 6.45. The summed E-state index contributed by atoms with van der Waals surface area (Å²) < 4.78 is 10.5. The van der Waals surface area contributed by atoms with E-state index in [4.69, 9.17) is 21.1 Å². The van der Waals surface area contributed by atoms with E-state index >= 15 is 0 Å². The number of amides is 2. The molecule has 2 aromatic rings. The van der Waals surface area contributed by atoms with Crippen molar-refractivity contribution in [2.45, 2.75) is 13.8 Å². The molecule has 1 heterocycles. The number of halogens is 1. The van der Waals surface area contributed by atoms with E-state index in [1.54, 1.807) is 38.5 Å². The minimum atomic E-state index is -0.354. The van der Waals surface area contributed by atoms with Crippen molar-refractivity contribution in [3.8, 4) is 0 Å². The van der Waals surface area contributed by atoms with Gasteiger partial charge in [0.05, 0.1) is 24.5 Å². The number of benzene rings is 2. The van der Waals surface area contributed by atoms with Gasteiger partial charge in [0.15, 0.2) is 0 Å². The Bertz CT molecular complexity index is 973. The standard InChI is InChI=1S/C24H27ClN2O4/c1-16-13-17(2)15-20(14-16)27-23(28)21(18-5-7-19(25)8-6-18)22(24(27)29)26(9-11-30-3)10-12-31-4/h5-8,13-15H,9-12H2,1-4H3. The average Bonchev–Trinajstić information content (AvgIpc) is 2.98. The van der Waals surface area contributed by atoms with Crippen molar-refractivity contribution in [1.29, 1.82) is 0 Å². The Kier molecular flexibility index (Phi) is 7.49. The van der Waals surface area contributed by atoms with Gasteiger partial charge >= 0.3 is 0 Å². The summed E-state index contributed by atoms with van der Waals surface area (Å²) in [6.07, 6.45) is 0. The van der Waals surface area contributed by atoms with Crippen LogP contribution in [0.1, 0.15) is 16.7 Å². The molecule has 0 atom stereocenters. The number of rotatable bonds is 9. The molecule has 0 unspecified atom stereocenters. The molecule has 0 fully saturated rings. The molecule has 1 aliphatic heterocycles. The summed E-state index contributed by atoms with van der Waals surface area (Å²) in [5, 5.41) is 0.560. The highest BCUT2D eigenvalue weighted by Crippen LogP contribution is 2.35. The van der Waals surface area contributed by atoms with Crippen LogP contribution >= 0.6 is 11.6 Å². The quantitative estimate of drug-likeness (QED) is 0.552. The molecule has 0 saturated carbocycles. The van der Waals surface area contributed by atoms with Crippen LogP contribution in [-0.2, 0) is 19.1 Å². The van der Waals surface area contributed by atoms with Crippen molar-refractivity contribution in [3.05, 3.63) is 69.9 Å². The molecule has 7 heteroatoms. The van der Waals surface area contributed by atoms with Crippen molar-refractivity contribution in [2.75, 3.05) is 45.4 Å². The lowest BCUT2D eigenvalue weighted by atomic mass is 10.0. The number of hydrogen-bond donors (Lipinski definition) is 0. The summed E-state index contributed by atoms with van der Waals surface area (Å²) in [6.45, 7) is 5.61. The molecule has 0 radical (unpaired) electrons. The SMILES string of the molecule is COCCN(CCOC)C1=C(c2ccc(Cl)cc2)C(=O)N(c2cc(C)cc(C)c2)C1=O. The third kappa shape index (κ3) is 4.98. The molecule has 164 valence electrons. The molecule has 0 N–H and O–H groups in total. The average molecular weight is 443 g/mol. The normalized spacial score (nSPS) is 14.0. The number of imide groups is 1. The lowest BCUT2D eigenvalue weighted by Gasteiger charge is -2.25. The number of carbonyl (C=O) groups excluding carboxylic acids is 2. The molecular weight excluding hydrogens is 416 g/mol. The third-order valence-electron chi connectivity index (χ3n) is 5.10. The number of aryl methyl sites for hydroxylation is 2. The van der Waals surface area contributed by atoms with Gasteiger partial charge in [0.25, 0.3) is 11.8 Å². The first-order valence-electron chi connectivity index (χ1n) is 10.1. The van der Waals surface area contributed by atoms with Gasteiger partial charge < -0.3 is 14.4 Å². The maximum absolute atomic E-state index is 13.7. The smallest absolute Gasteiger partial charge is 0.282 e. The minimum Gasteiger partial charge on any atom is -0.383 e. The molecule has 3 rings (SSSR count).